The van der Waals surface area contributed by atoms with Crippen LogP contribution in [0.1, 0.15) is 52.9 Å². The molecular weight excluding hydrogens is 266 g/mol. The maximum Gasteiger partial charge on any atom is 0.317 e. The molecule has 118 valence electrons. The van der Waals surface area contributed by atoms with Crippen molar-refractivity contribution in [2.75, 3.05) is 13.1 Å². The molecule has 5 nitrogen and oxygen atoms in total. The van der Waals surface area contributed by atoms with E-state index in [2.05, 4.69) is 10.6 Å². The van der Waals surface area contributed by atoms with Crippen LogP contribution < -0.4 is 10.6 Å². The van der Waals surface area contributed by atoms with Crippen molar-refractivity contribution in [3.8, 4) is 0 Å². The van der Waals surface area contributed by atoms with Crippen LogP contribution in [0.25, 0.3) is 0 Å². The van der Waals surface area contributed by atoms with Gasteiger partial charge in [0.05, 0.1) is 0 Å². The fraction of sp³-hybridized carbons (Fsp3) is 0.750. The van der Waals surface area contributed by atoms with Gasteiger partial charge in [-0.2, -0.15) is 0 Å². The zero-order chi connectivity index (χ0) is 15.5. The molecule has 0 aromatic rings. The first-order chi connectivity index (χ1) is 9.85. The number of carbonyl (C=O) groups is 2. The zero-order valence-electron chi connectivity index (χ0n) is 13.4. The third-order valence-corrected chi connectivity index (χ3v) is 3.93. The molecule has 0 unspecified atom stereocenters. The fourth-order valence-corrected chi connectivity index (χ4v) is 2.78. The molecule has 0 spiro atoms. The van der Waals surface area contributed by atoms with E-state index in [4.69, 9.17) is 0 Å². The Hall–Kier alpha value is -1.52. The van der Waals surface area contributed by atoms with Crippen molar-refractivity contribution in [3.63, 3.8) is 0 Å². The number of rotatable bonds is 2. The maximum atomic E-state index is 12.1. The number of urea groups is 1. The van der Waals surface area contributed by atoms with Crippen LogP contribution in [-0.2, 0) is 4.79 Å². The lowest BCUT2D eigenvalue weighted by Crippen LogP contribution is -2.53. The van der Waals surface area contributed by atoms with Crippen molar-refractivity contribution in [1.29, 1.82) is 0 Å². The Morgan fingerprint density at radius 1 is 1.24 bits per heavy atom. The van der Waals surface area contributed by atoms with Crippen LogP contribution in [0.3, 0.4) is 0 Å². The molecule has 2 N–H and O–H groups in total. The van der Waals surface area contributed by atoms with E-state index in [1.165, 1.54) is 0 Å². The van der Waals surface area contributed by atoms with E-state index in [-0.39, 0.29) is 23.5 Å². The van der Waals surface area contributed by atoms with E-state index in [0.717, 1.165) is 37.7 Å². The lowest BCUT2D eigenvalue weighted by molar-refractivity contribution is -0.118. The van der Waals surface area contributed by atoms with Gasteiger partial charge >= 0.3 is 6.03 Å². The lowest BCUT2D eigenvalue weighted by atomic mass is 10.0. The van der Waals surface area contributed by atoms with E-state index >= 15 is 0 Å². The Balaban J connectivity index is 1.75. The maximum absolute atomic E-state index is 12.1. The minimum absolute atomic E-state index is 0.00854. The van der Waals surface area contributed by atoms with Crippen molar-refractivity contribution in [2.45, 2.75) is 64.5 Å². The van der Waals surface area contributed by atoms with Gasteiger partial charge in [-0.1, -0.05) is 6.08 Å². The molecule has 0 radical (unpaired) electrons. The SMILES string of the molecule is CC(C)(C)NC(=O)N1CCC(NC(=O)C2=CCCC2)CC1. The van der Waals surface area contributed by atoms with Crippen LogP contribution in [0.2, 0.25) is 0 Å². The van der Waals surface area contributed by atoms with E-state index in [0.29, 0.717) is 13.1 Å². The van der Waals surface area contributed by atoms with Crippen LogP contribution in [-0.4, -0.2) is 41.5 Å². The predicted molar refractivity (Wildman–Crippen MR) is 83.0 cm³/mol. The molecule has 0 saturated carbocycles. The fourth-order valence-electron chi connectivity index (χ4n) is 2.78. The zero-order valence-corrected chi connectivity index (χ0v) is 13.4. The molecule has 2 rings (SSSR count). The van der Waals surface area contributed by atoms with Gasteiger partial charge in [0.1, 0.15) is 0 Å². The molecule has 0 bridgehead atoms. The topological polar surface area (TPSA) is 61.4 Å². The van der Waals surface area contributed by atoms with Gasteiger partial charge in [0, 0.05) is 30.2 Å². The van der Waals surface area contributed by atoms with Gasteiger partial charge in [0.2, 0.25) is 5.91 Å². The molecule has 1 aliphatic heterocycles. The number of hydrogen-bond donors (Lipinski definition) is 2. The van der Waals surface area contributed by atoms with Crippen LogP contribution in [0.5, 0.6) is 0 Å². The molecule has 1 aliphatic carbocycles. The highest BCUT2D eigenvalue weighted by atomic mass is 16.2. The van der Waals surface area contributed by atoms with Gasteiger partial charge in [0.25, 0.3) is 0 Å². The second kappa shape index (κ2) is 6.50. The summed E-state index contributed by atoms with van der Waals surface area (Å²) in [6.07, 6.45) is 6.72. The first kappa shape index (κ1) is 15.9. The third-order valence-electron chi connectivity index (χ3n) is 3.93. The average molecular weight is 293 g/mol. The number of amides is 3. The van der Waals surface area contributed by atoms with E-state index < -0.39 is 0 Å². The summed E-state index contributed by atoms with van der Waals surface area (Å²) in [5.41, 5.74) is 0.722. The molecule has 3 amide bonds. The minimum Gasteiger partial charge on any atom is -0.349 e. The van der Waals surface area contributed by atoms with Gasteiger partial charge in [-0.3, -0.25) is 4.79 Å². The summed E-state index contributed by atoms with van der Waals surface area (Å²) in [5, 5.41) is 6.08. The second-order valence-corrected chi connectivity index (χ2v) is 7.04. The Morgan fingerprint density at radius 3 is 2.43 bits per heavy atom. The highest BCUT2D eigenvalue weighted by Crippen LogP contribution is 2.19. The predicted octanol–water partition coefficient (Wildman–Crippen LogP) is 2.19. The summed E-state index contributed by atoms with van der Waals surface area (Å²) < 4.78 is 0. The standard InChI is InChI=1S/C16H27N3O2/c1-16(2,3)18-15(21)19-10-8-13(9-11-19)17-14(20)12-6-4-5-7-12/h6,13H,4-5,7-11H2,1-3H3,(H,17,20)(H,18,21). The average Bonchev–Trinajstić information content (AvgIpc) is 2.91. The van der Waals surface area contributed by atoms with Crippen LogP contribution in [0, 0.1) is 0 Å². The minimum atomic E-state index is -0.211. The number of carbonyl (C=O) groups excluding carboxylic acids is 2. The highest BCUT2D eigenvalue weighted by molar-refractivity contribution is 5.93. The largest absolute Gasteiger partial charge is 0.349 e. The monoisotopic (exact) mass is 293 g/mol. The molecule has 2 aliphatic rings. The molecule has 5 heteroatoms. The molecular formula is C16H27N3O2. The van der Waals surface area contributed by atoms with Gasteiger partial charge in [-0.05, 0) is 52.9 Å². The normalized spacial score (nSPS) is 20.1. The second-order valence-electron chi connectivity index (χ2n) is 7.04. The van der Waals surface area contributed by atoms with Gasteiger partial charge < -0.3 is 15.5 Å². The first-order valence-electron chi connectivity index (χ1n) is 7.92. The number of allylic oxidation sites excluding steroid dienone is 1. The molecule has 1 heterocycles. The van der Waals surface area contributed by atoms with Crippen molar-refractivity contribution in [1.82, 2.24) is 15.5 Å². The molecule has 1 saturated heterocycles. The Bertz CT molecular complexity index is 429. The van der Waals surface area contributed by atoms with Crippen molar-refractivity contribution < 1.29 is 9.59 Å². The quantitative estimate of drug-likeness (QED) is 0.820. The summed E-state index contributed by atoms with van der Waals surface area (Å²) in [7, 11) is 0. The van der Waals surface area contributed by atoms with Crippen LogP contribution in [0.4, 0.5) is 4.79 Å². The van der Waals surface area contributed by atoms with E-state index in [9.17, 15) is 9.59 Å². The highest BCUT2D eigenvalue weighted by Gasteiger charge is 2.26. The molecule has 0 aromatic carbocycles. The number of hydrogen-bond acceptors (Lipinski definition) is 2. The summed E-state index contributed by atoms with van der Waals surface area (Å²) in [6.45, 7) is 7.34. The van der Waals surface area contributed by atoms with E-state index in [1.54, 1.807) is 0 Å². The third kappa shape index (κ3) is 4.76. The number of nitrogens with one attached hydrogen (secondary N) is 2. The van der Waals surface area contributed by atoms with Crippen LogP contribution in [0.15, 0.2) is 11.6 Å². The van der Waals surface area contributed by atoms with Gasteiger partial charge in [0.15, 0.2) is 0 Å². The Labute approximate surface area is 127 Å². The summed E-state index contributed by atoms with van der Waals surface area (Å²) in [5.74, 6) is 0.0880. The van der Waals surface area contributed by atoms with Crippen molar-refractivity contribution in [2.24, 2.45) is 0 Å². The summed E-state index contributed by atoms with van der Waals surface area (Å²) >= 11 is 0. The Morgan fingerprint density at radius 2 is 1.90 bits per heavy atom. The molecule has 0 aromatic heterocycles. The van der Waals surface area contributed by atoms with Gasteiger partial charge in [-0.15, -0.1) is 0 Å². The molecule has 1 fully saturated rings. The van der Waals surface area contributed by atoms with E-state index in [1.807, 2.05) is 31.7 Å². The number of likely N-dealkylation sites (tertiary alicyclic amines) is 1. The van der Waals surface area contributed by atoms with Crippen molar-refractivity contribution in [3.05, 3.63) is 11.6 Å². The summed E-state index contributed by atoms with van der Waals surface area (Å²) in [4.78, 5) is 26.0. The van der Waals surface area contributed by atoms with Crippen LogP contribution >= 0.6 is 0 Å². The molecule has 0 atom stereocenters. The smallest absolute Gasteiger partial charge is 0.317 e. The summed E-state index contributed by atoms with van der Waals surface area (Å²) in [6, 6.07) is 0.184. The Kier molecular flexibility index (Phi) is 4.91. The number of nitrogens with zero attached hydrogens (tertiary/aromatic N) is 1. The number of piperidine rings is 1. The lowest BCUT2D eigenvalue weighted by Gasteiger charge is -2.34. The molecule has 21 heavy (non-hydrogen) atoms. The van der Waals surface area contributed by atoms with Crippen molar-refractivity contribution >= 4 is 11.9 Å². The van der Waals surface area contributed by atoms with Gasteiger partial charge in [-0.25, -0.2) is 4.79 Å². The first-order valence-corrected chi connectivity index (χ1v) is 7.92.